The molecule has 1 heterocycles. The van der Waals surface area contributed by atoms with Crippen molar-refractivity contribution in [1.29, 1.82) is 0 Å². The summed E-state index contributed by atoms with van der Waals surface area (Å²) in [6, 6.07) is 14.9. The van der Waals surface area contributed by atoms with E-state index in [0.29, 0.717) is 12.4 Å². The first-order chi connectivity index (χ1) is 13.2. The number of hydrogen-bond donors (Lipinski definition) is 1. The van der Waals surface area contributed by atoms with Crippen molar-refractivity contribution in [1.82, 2.24) is 9.36 Å². The van der Waals surface area contributed by atoms with Crippen LogP contribution in [0.15, 0.2) is 52.9 Å². The van der Waals surface area contributed by atoms with Crippen LogP contribution in [0.3, 0.4) is 0 Å². The molecule has 0 unspecified atom stereocenters. The molecular formula is C19H19N3O3S2. The number of nitrogens with zero attached hydrogens (tertiary/aromatic N) is 2. The van der Waals surface area contributed by atoms with Gasteiger partial charge in [-0.2, -0.15) is 4.37 Å². The van der Waals surface area contributed by atoms with Crippen LogP contribution in [0, 0.1) is 0 Å². The second-order valence-corrected chi connectivity index (χ2v) is 7.38. The summed E-state index contributed by atoms with van der Waals surface area (Å²) in [6.45, 7) is 2.54. The van der Waals surface area contributed by atoms with Gasteiger partial charge in [0.25, 0.3) is 0 Å². The molecule has 8 heteroatoms. The number of carbonyl (C=O) groups is 1. The molecule has 0 fully saturated rings. The molecule has 1 aromatic heterocycles. The number of carbonyl (C=O) groups excluding carboxylic acids is 1. The Morgan fingerprint density at radius 1 is 1.11 bits per heavy atom. The van der Waals surface area contributed by atoms with Gasteiger partial charge in [0.2, 0.25) is 5.91 Å². The molecule has 0 spiro atoms. The quantitative estimate of drug-likeness (QED) is 0.566. The molecule has 0 saturated carbocycles. The summed E-state index contributed by atoms with van der Waals surface area (Å²) in [7, 11) is 1.63. The van der Waals surface area contributed by atoms with Crippen LogP contribution in [0.25, 0.3) is 11.4 Å². The van der Waals surface area contributed by atoms with Crippen molar-refractivity contribution in [2.45, 2.75) is 11.3 Å². The van der Waals surface area contributed by atoms with E-state index in [0.717, 1.165) is 27.1 Å². The third-order valence-electron chi connectivity index (χ3n) is 3.53. The number of hydrogen-bond acceptors (Lipinski definition) is 7. The molecule has 1 N–H and O–H groups in total. The maximum absolute atomic E-state index is 12.1. The predicted octanol–water partition coefficient (Wildman–Crippen LogP) is 4.34. The molecule has 0 aliphatic heterocycles. The van der Waals surface area contributed by atoms with Gasteiger partial charge >= 0.3 is 0 Å². The van der Waals surface area contributed by atoms with Gasteiger partial charge in [0.05, 0.1) is 19.5 Å². The van der Waals surface area contributed by atoms with E-state index in [1.165, 1.54) is 23.3 Å². The van der Waals surface area contributed by atoms with Gasteiger partial charge in [-0.15, -0.1) is 0 Å². The number of anilines is 1. The normalized spacial score (nSPS) is 10.4. The largest absolute Gasteiger partial charge is 0.497 e. The minimum atomic E-state index is -0.0923. The Bertz CT molecular complexity index is 880. The second kappa shape index (κ2) is 9.38. The molecule has 0 radical (unpaired) electrons. The monoisotopic (exact) mass is 401 g/mol. The van der Waals surface area contributed by atoms with Crippen LogP contribution in [0.4, 0.5) is 5.69 Å². The highest BCUT2D eigenvalue weighted by Crippen LogP contribution is 2.26. The first-order valence-electron chi connectivity index (χ1n) is 8.31. The SMILES string of the molecule is CCOc1ccc(NC(=O)CSc2nc(-c3ccc(OC)cc3)ns2)cc1. The molecule has 0 aliphatic carbocycles. The molecule has 3 aromatic rings. The molecule has 2 aromatic carbocycles. The average Bonchev–Trinajstić information content (AvgIpc) is 3.17. The molecule has 1 amide bonds. The van der Waals surface area contributed by atoms with Crippen LogP contribution in [0.2, 0.25) is 0 Å². The zero-order chi connectivity index (χ0) is 19.1. The zero-order valence-corrected chi connectivity index (χ0v) is 16.6. The van der Waals surface area contributed by atoms with E-state index in [1.54, 1.807) is 7.11 Å². The lowest BCUT2D eigenvalue weighted by Crippen LogP contribution is -2.13. The lowest BCUT2D eigenvalue weighted by molar-refractivity contribution is -0.113. The summed E-state index contributed by atoms with van der Waals surface area (Å²) in [4.78, 5) is 16.6. The van der Waals surface area contributed by atoms with Gasteiger partial charge in [-0.3, -0.25) is 4.79 Å². The number of ether oxygens (including phenoxy) is 2. The van der Waals surface area contributed by atoms with E-state index in [2.05, 4.69) is 14.7 Å². The van der Waals surface area contributed by atoms with Crippen LogP contribution in [-0.2, 0) is 4.79 Å². The van der Waals surface area contributed by atoms with E-state index in [1.807, 2.05) is 55.5 Å². The lowest BCUT2D eigenvalue weighted by atomic mass is 10.2. The van der Waals surface area contributed by atoms with Gasteiger partial charge in [0.15, 0.2) is 10.2 Å². The summed E-state index contributed by atoms with van der Waals surface area (Å²) in [5.41, 5.74) is 1.65. The van der Waals surface area contributed by atoms with Crippen LogP contribution in [-0.4, -0.2) is 34.7 Å². The summed E-state index contributed by atoms with van der Waals surface area (Å²) in [5.74, 6) is 2.39. The van der Waals surface area contributed by atoms with E-state index in [9.17, 15) is 4.79 Å². The number of nitrogens with one attached hydrogen (secondary N) is 1. The highest BCUT2D eigenvalue weighted by Gasteiger charge is 2.10. The molecule has 27 heavy (non-hydrogen) atoms. The summed E-state index contributed by atoms with van der Waals surface area (Å²) in [5, 5.41) is 2.86. The van der Waals surface area contributed by atoms with Gasteiger partial charge in [-0.1, -0.05) is 11.8 Å². The minimum absolute atomic E-state index is 0.0923. The van der Waals surface area contributed by atoms with Crippen molar-refractivity contribution in [3.8, 4) is 22.9 Å². The van der Waals surface area contributed by atoms with Gasteiger partial charge < -0.3 is 14.8 Å². The fourth-order valence-electron chi connectivity index (χ4n) is 2.25. The van der Waals surface area contributed by atoms with E-state index >= 15 is 0 Å². The smallest absolute Gasteiger partial charge is 0.234 e. The Morgan fingerprint density at radius 3 is 2.48 bits per heavy atom. The second-order valence-electron chi connectivity index (χ2n) is 5.41. The molecule has 0 bridgehead atoms. The number of amides is 1. The number of thioether (sulfide) groups is 1. The Balaban J connectivity index is 1.52. The first kappa shape index (κ1) is 19.2. The average molecular weight is 402 g/mol. The van der Waals surface area contributed by atoms with Crippen molar-refractivity contribution in [3.05, 3.63) is 48.5 Å². The first-order valence-corrected chi connectivity index (χ1v) is 10.1. The topological polar surface area (TPSA) is 73.3 Å². The van der Waals surface area contributed by atoms with Crippen molar-refractivity contribution in [2.75, 3.05) is 24.8 Å². The van der Waals surface area contributed by atoms with Gasteiger partial charge in [-0.05, 0) is 67.0 Å². The minimum Gasteiger partial charge on any atom is -0.497 e. The number of benzene rings is 2. The van der Waals surface area contributed by atoms with Gasteiger partial charge in [-0.25, -0.2) is 4.98 Å². The third-order valence-corrected chi connectivity index (χ3v) is 5.37. The Kier molecular flexibility index (Phi) is 6.67. The van der Waals surface area contributed by atoms with Gasteiger partial charge in [0.1, 0.15) is 11.5 Å². The summed E-state index contributed by atoms with van der Waals surface area (Å²) < 4.78 is 15.6. The maximum atomic E-state index is 12.1. The zero-order valence-electron chi connectivity index (χ0n) is 15.0. The molecule has 0 aliphatic rings. The molecule has 0 atom stereocenters. The summed E-state index contributed by atoms with van der Waals surface area (Å²) >= 11 is 2.65. The number of rotatable bonds is 8. The molecule has 6 nitrogen and oxygen atoms in total. The predicted molar refractivity (Wildman–Crippen MR) is 109 cm³/mol. The van der Waals surface area contributed by atoms with Crippen molar-refractivity contribution in [2.24, 2.45) is 0 Å². The highest BCUT2D eigenvalue weighted by molar-refractivity contribution is 8.01. The van der Waals surface area contributed by atoms with Crippen LogP contribution in [0.1, 0.15) is 6.92 Å². The summed E-state index contributed by atoms with van der Waals surface area (Å²) in [6.07, 6.45) is 0. The Morgan fingerprint density at radius 2 is 1.81 bits per heavy atom. The third kappa shape index (κ3) is 5.45. The number of methoxy groups -OCH3 is 1. The van der Waals surface area contributed by atoms with Crippen LogP contribution >= 0.6 is 23.3 Å². The number of aromatic nitrogens is 2. The fraction of sp³-hybridized carbons (Fsp3) is 0.211. The maximum Gasteiger partial charge on any atom is 0.234 e. The van der Waals surface area contributed by atoms with Crippen molar-refractivity contribution >= 4 is 34.9 Å². The van der Waals surface area contributed by atoms with Gasteiger partial charge in [0, 0.05) is 11.3 Å². The molecule has 3 rings (SSSR count). The van der Waals surface area contributed by atoms with Crippen molar-refractivity contribution in [3.63, 3.8) is 0 Å². The van der Waals surface area contributed by atoms with Crippen LogP contribution < -0.4 is 14.8 Å². The molecule has 0 saturated heterocycles. The molecular weight excluding hydrogens is 382 g/mol. The Hall–Kier alpha value is -2.58. The molecule has 140 valence electrons. The fourth-order valence-corrected chi connectivity index (χ4v) is 3.67. The standard InChI is InChI=1S/C19H19N3O3S2/c1-3-25-16-10-6-14(7-11-16)20-17(23)12-26-19-21-18(22-27-19)13-4-8-15(24-2)9-5-13/h4-11H,3,12H2,1-2H3,(H,20,23). The Labute approximate surface area is 166 Å². The van der Waals surface area contributed by atoms with Crippen molar-refractivity contribution < 1.29 is 14.3 Å². The van der Waals surface area contributed by atoms with E-state index in [4.69, 9.17) is 9.47 Å². The van der Waals surface area contributed by atoms with E-state index in [-0.39, 0.29) is 11.7 Å². The van der Waals surface area contributed by atoms with Crippen LogP contribution in [0.5, 0.6) is 11.5 Å². The highest BCUT2D eigenvalue weighted by atomic mass is 32.2. The lowest BCUT2D eigenvalue weighted by Gasteiger charge is -2.06. The van der Waals surface area contributed by atoms with E-state index < -0.39 is 0 Å².